The van der Waals surface area contributed by atoms with Gasteiger partial charge in [-0.2, -0.15) is 4.98 Å². The Labute approximate surface area is 118 Å². The van der Waals surface area contributed by atoms with Crippen LogP contribution in [0, 0.1) is 0 Å². The molecule has 0 radical (unpaired) electrons. The highest BCUT2D eigenvalue weighted by Gasteiger charge is 2.28. The quantitative estimate of drug-likeness (QED) is 0.719. The number of aromatic nitrogens is 3. The number of carboxylic acid groups (broad SMARTS) is 1. The molecule has 0 aromatic carbocycles. The SMILES string of the molecule is Nc1nc(N2CCNCC2CC(=O)O)c2ncsc2n1. The lowest BCUT2D eigenvalue weighted by Gasteiger charge is -2.36. The summed E-state index contributed by atoms with van der Waals surface area (Å²) in [7, 11) is 0. The van der Waals surface area contributed by atoms with E-state index in [1.165, 1.54) is 11.3 Å². The van der Waals surface area contributed by atoms with Crippen LogP contribution in [0.2, 0.25) is 0 Å². The van der Waals surface area contributed by atoms with E-state index in [9.17, 15) is 4.79 Å². The minimum absolute atomic E-state index is 0.0442. The van der Waals surface area contributed by atoms with Crippen LogP contribution in [0.25, 0.3) is 10.3 Å². The van der Waals surface area contributed by atoms with Gasteiger partial charge >= 0.3 is 5.97 Å². The number of piperazine rings is 1. The lowest BCUT2D eigenvalue weighted by molar-refractivity contribution is -0.137. The van der Waals surface area contributed by atoms with E-state index in [1.54, 1.807) is 5.51 Å². The second-order valence-electron chi connectivity index (χ2n) is 4.56. The standard InChI is InChI=1S/C11H14N6O2S/c12-11-15-9(8-10(16-11)20-5-14-8)17-2-1-13-4-6(17)3-7(18)19/h5-6,13H,1-4H2,(H,18,19)(H2,12,15,16). The summed E-state index contributed by atoms with van der Waals surface area (Å²) in [6, 6.07) is -0.166. The first-order valence-corrected chi connectivity index (χ1v) is 7.09. The van der Waals surface area contributed by atoms with Crippen LogP contribution in [0.5, 0.6) is 0 Å². The number of nitrogens with zero attached hydrogens (tertiary/aromatic N) is 4. The minimum atomic E-state index is -0.833. The molecular weight excluding hydrogens is 280 g/mol. The van der Waals surface area contributed by atoms with Crippen LogP contribution in [0.15, 0.2) is 5.51 Å². The number of carbonyl (C=O) groups is 1. The fourth-order valence-corrected chi connectivity index (χ4v) is 3.05. The zero-order chi connectivity index (χ0) is 14.1. The molecule has 0 bridgehead atoms. The van der Waals surface area contributed by atoms with Crippen molar-refractivity contribution in [3.63, 3.8) is 0 Å². The van der Waals surface area contributed by atoms with E-state index in [4.69, 9.17) is 10.8 Å². The Morgan fingerprint density at radius 3 is 3.25 bits per heavy atom. The second kappa shape index (κ2) is 5.17. The Morgan fingerprint density at radius 2 is 2.45 bits per heavy atom. The maximum Gasteiger partial charge on any atom is 0.305 e. The van der Waals surface area contributed by atoms with Crippen LogP contribution >= 0.6 is 11.3 Å². The zero-order valence-corrected chi connectivity index (χ0v) is 11.4. The van der Waals surface area contributed by atoms with Crippen molar-refractivity contribution in [2.24, 2.45) is 0 Å². The summed E-state index contributed by atoms with van der Waals surface area (Å²) < 4.78 is 0. The molecule has 20 heavy (non-hydrogen) atoms. The highest BCUT2D eigenvalue weighted by Crippen LogP contribution is 2.28. The molecule has 106 valence electrons. The molecule has 1 aliphatic heterocycles. The summed E-state index contributed by atoms with van der Waals surface area (Å²) in [4.78, 5) is 26.4. The van der Waals surface area contributed by atoms with Crippen molar-refractivity contribution in [1.82, 2.24) is 20.3 Å². The van der Waals surface area contributed by atoms with Gasteiger partial charge in [-0.1, -0.05) is 0 Å². The van der Waals surface area contributed by atoms with Crippen LogP contribution in [0.3, 0.4) is 0 Å². The van der Waals surface area contributed by atoms with E-state index in [2.05, 4.69) is 20.3 Å². The molecule has 2 aromatic heterocycles. The van der Waals surface area contributed by atoms with Gasteiger partial charge < -0.3 is 21.1 Å². The Morgan fingerprint density at radius 1 is 1.60 bits per heavy atom. The lowest BCUT2D eigenvalue weighted by atomic mass is 10.1. The van der Waals surface area contributed by atoms with Gasteiger partial charge in [0.1, 0.15) is 5.52 Å². The summed E-state index contributed by atoms with van der Waals surface area (Å²) in [5.74, 6) is -0.0221. The minimum Gasteiger partial charge on any atom is -0.481 e. The third-order valence-electron chi connectivity index (χ3n) is 3.23. The molecule has 1 saturated heterocycles. The van der Waals surface area contributed by atoms with Crippen molar-refractivity contribution in [2.45, 2.75) is 12.5 Å². The Kier molecular flexibility index (Phi) is 3.36. The number of thiazole rings is 1. The number of anilines is 2. The molecule has 2 aromatic rings. The van der Waals surface area contributed by atoms with E-state index in [0.29, 0.717) is 24.4 Å². The number of carboxylic acids is 1. The van der Waals surface area contributed by atoms with Crippen LogP contribution in [-0.2, 0) is 4.79 Å². The molecule has 1 aliphatic rings. The van der Waals surface area contributed by atoms with Crippen LogP contribution in [0.1, 0.15) is 6.42 Å². The van der Waals surface area contributed by atoms with Crippen LogP contribution < -0.4 is 16.0 Å². The van der Waals surface area contributed by atoms with E-state index >= 15 is 0 Å². The molecule has 9 heteroatoms. The van der Waals surface area contributed by atoms with Gasteiger partial charge in [0.2, 0.25) is 5.95 Å². The molecule has 0 saturated carbocycles. The molecule has 3 rings (SSSR count). The van der Waals surface area contributed by atoms with Crippen molar-refractivity contribution < 1.29 is 9.90 Å². The third kappa shape index (κ3) is 2.37. The van der Waals surface area contributed by atoms with Crippen LogP contribution in [0.4, 0.5) is 11.8 Å². The second-order valence-corrected chi connectivity index (χ2v) is 5.39. The fourth-order valence-electron chi connectivity index (χ4n) is 2.39. The first kappa shape index (κ1) is 13.0. The highest BCUT2D eigenvalue weighted by molar-refractivity contribution is 7.16. The van der Waals surface area contributed by atoms with E-state index < -0.39 is 5.97 Å². The zero-order valence-electron chi connectivity index (χ0n) is 10.6. The summed E-state index contributed by atoms with van der Waals surface area (Å²) in [6.45, 7) is 2.04. The van der Waals surface area contributed by atoms with E-state index in [1.807, 2.05) is 4.90 Å². The molecular formula is C11H14N6O2S. The van der Waals surface area contributed by atoms with Gasteiger partial charge in [-0.25, -0.2) is 9.97 Å². The van der Waals surface area contributed by atoms with E-state index in [0.717, 1.165) is 11.4 Å². The predicted octanol–water partition coefficient (Wildman–Crippen LogP) is -0.0786. The van der Waals surface area contributed by atoms with Gasteiger partial charge in [-0.3, -0.25) is 4.79 Å². The average Bonchev–Trinajstić information content (AvgIpc) is 2.86. The van der Waals surface area contributed by atoms with Crippen LogP contribution in [-0.4, -0.2) is 51.7 Å². The Balaban J connectivity index is 2.02. The van der Waals surface area contributed by atoms with Gasteiger partial charge in [0, 0.05) is 19.6 Å². The summed E-state index contributed by atoms with van der Waals surface area (Å²) >= 11 is 1.39. The fraction of sp³-hybridized carbons (Fsp3) is 0.455. The monoisotopic (exact) mass is 294 g/mol. The normalized spacial score (nSPS) is 19.4. The van der Waals surface area contributed by atoms with Gasteiger partial charge in [-0.15, -0.1) is 11.3 Å². The van der Waals surface area contributed by atoms with Crippen molar-refractivity contribution >= 4 is 39.4 Å². The number of nitrogen functional groups attached to an aromatic ring is 1. The van der Waals surface area contributed by atoms with Crippen molar-refractivity contribution in [1.29, 1.82) is 0 Å². The summed E-state index contributed by atoms with van der Waals surface area (Å²) in [5.41, 5.74) is 8.11. The number of hydrogen-bond donors (Lipinski definition) is 3. The predicted molar refractivity (Wildman–Crippen MR) is 75.9 cm³/mol. The summed E-state index contributed by atoms with van der Waals surface area (Å²) in [5, 5.41) is 12.2. The highest BCUT2D eigenvalue weighted by atomic mass is 32.1. The molecule has 1 unspecified atom stereocenters. The number of fused-ring (bicyclic) bond motifs is 1. The number of nitrogens with two attached hydrogens (primary N) is 1. The molecule has 3 heterocycles. The van der Waals surface area contributed by atoms with Gasteiger partial charge in [0.25, 0.3) is 0 Å². The first-order chi connectivity index (χ1) is 9.65. The molecule has 8 nitrogen and oxygen atoms in total. The van der Waals surface area contributed by atoms with Crippen molar-refractivity contribution in [3.8, 4) is 0 Å². The smallest absolute Gasteiger partial charge is 0.305 e. The maximum absolute atomic E-state index is 11.0. The Hall–Kier alpha value is -2.00. The van der Waals surface area contributed by atoms with Crippen molar-refractivity contribution in [2.75, 3.05) is 30.3 Å². The molecule has 1 fully saturated rings. The Bertz CT molecular complexity index is 645. The molecule has 1 atom stereocenters. The first-order valence-electron chi connectivity index (χ1n) is 6.21. The number of nitrogens with one attached hydrogen (secondary N) is 1. The topological polar surface area (TPSA) is 117 Å². The molecule has 0 spiro atoms. The average molecular weight is 294 g/mol. The number of hydrogen-bond acceptors (Lipinski definition) is 8. The number of rotatable bonds is 3. The number of aliphatic carboxylic acids is 1. The van der Waals surface area contributed by atoms with E-state index in [-0.39, 0.29) is 18.4 Å². The van der Waals surface area contributed by atoms with Crippen molar-refractivity contribution in [3.05, 3.63) is 5.51 Å². The third-order valence-corrected chi connectivity index (χ3v) is 3.95. The van der Waals surface area contributed by atoms with Gasteiger partial charge in [0.05, 0.1) is 18.0 Å². The van der Waals surface area contributed by atoms with Gasteiger partial charge in [-0.05, 0) is 0 Å². The summed E-state index contributed by atoms with van der Waals surface area (Å²) in [6.07, 6.45) is 0.0442. The molecule has 0 aliphatic carbocycles. The maximum atomic E-state index is 11.0. The van der Waals surface area contributed by atoms with Gasteiger partial charge in [0.15, 0.2) is 10.6 Å². The lowest BCUT2D eigenvalue weighted by Crippen LogP contribution is -2.52. The largest absolute Gasteiger partial charge is 0.481 e. The molecule has 4 N–H and O–H groups in total. The molecule has 0 amide bonds.